The number of hydrogen-bond acceptors (Lipinski definition) is 4. The highest BCUT2D eigenvalue weighted by Gasteiger charge is 2.20. The molecule has 6 nitrogen and oxygen atoms in total. The van der Waals surface area contributed by atoms with Gasteiger partial charge in [-0.15, -0.1) is 24.0 Å². The summed E-state index contributed by atoms with van der Waals surface area (Å²) in [4.78, 5) is 7.14. The van der Waals surface area contributed by atoms with Crippen molar-refractivity contribution in [3.05, 3.63) is 59.5 Å². The quantitative estimate of drug-likeness (QED) is 0.266. The van der Waals surface area contributed by atoms with E-state index in [4.69, 9.17) is 9.41 Å². The third-order valence-electron chi connectivity index (χ3n) is 5.09. The molecular formula is C23H35IN4O2. The number of guanidine groups is 1. The SMILES string of the molecule is CC(C)CNC(=NCc1ccccc1CN1CCC(O)C1)NCCc1ccco1.I. The Hall–Kier alpha value is -1.58. The van der Waals surface area contributed by atoms with Crippen molar-refractivity contribution in [3.8, 4) is 0 Å². The first-order valence-corrected chi connectivity index (χ1v) is 10.6. The predicted molar refractivity (Wildman–Crippen MR) is 132 cm³/mol. The molecule has 1 aliphatic rings. The minimum Gasteiger partial charge on any atom is -0.469 e. The van der Waals surface area contributed by atoms with Crippen molar-refractivity contribution in [2.75, 3.05) is 26.2 Å². The minimum absolute atomic E-state index is 0. The van der Waals surface area contributed by atoms with Crippen LogP contribution in [0.25, 0.3) is 0 Å². The summed E-state index contributed by atoms with van der Waals surface area (Å²) < 4.78 is 5.41. The molecule has 1 unspecified atom stereocenters. The fourth-order valence-corrected chi connectivity index (χ4v) is 3.46. The molecule has 7 heteroatoms. The largest absolute Gasteiger partial charge is 0.469 e. The van der Waals surface area contributed by atoms with Crippen LogP contribution in [0.3, 0.4) is 0 Å². The highest BCUT2D eigenvalue weighted by Crippen LogP contribution is 2.17. The van der Waals surface area contributed by atoms with Crippen LogP contribution < -0.4 is 10.6 Å². The maximum absolute atomic E-state index is 9.79. The molecule has 30 heavy (non-hydrogen) atoms. The van der Waals surface area contributed by atoms with Crippen molar-refractivity contribution < 1.29 is 9.52 Å². The Bertz CT molecular complexity index is 764. The number of aliphatic hydroxyl groups is 1. The van der Waals surface area contributed by atoms with Crippen LogP contribution in [-0.2, 0) is 19.5 Å². The monoisotopic (exact) mass is 526 g/mol. The van der Waals surface area contributed by atoms with E-state index >= 15 is 0 Å². The summed E-state index contributed by atoms with van der Waals surface area (Å²) in [5.74, 6) is 2.34. The van der Waals surface area contributed by atoms with Gasteiger partial charge in [0.05, 0.1) is 18.9 Å². The van der Waals surface area contributed by atoms with Gasteiger partial charge in [0.1, 0.15) is 5.76 Å². The second-order valence-electron chi connectivity index (χ2n) is 8.14. The van der Waals surface area contributed by atoms with Crippen LogP contribution in [0.4, 0.5) is 0 Å². The standard InChI is InChI=1S/C23H34N4O2.HI/c1-18(2)14-25-23(24-11-9-22-8-5-13-29-22)26-15-19-6-3-4-7-20(19)16-27-12-10-21(28)17-27;/h3-8,13,18,21,28H,9-12,14-17H2,1-2H3,(H2,24,25,26);1H. The third-order valence-corrected chi connectivity index (χ3v) is 5.09. The molecule has 0 spiro atoms. The molecular weight excluding hydrogens is 491 g/mol. The molecule has 2 aromatic rings. The van der Waals surface area contributed by atoms with Crippen LogP contribution in [0.15, 0.2) is 52.1 Å². The van der Waals surface area contributed by atoms with E-state index in [1.807, 2.05) is 12.1 Å². The lowest BCUT2D eigenvalue weighted by Crippen LogP contribution is -2.40. The van der Waals surface area contributed by atoms with Gasteiger partial charge in [0.2, 0.25) is 0 Å². The third kappa shape index (κ3) is 8.28. The van der Waals surface area contributed by atoms with Gasteiger partial charge in [-0.1, -0.05) is 38.1 Å². The van der Waals surface area contributed by atoms with Gasteiger partial charge in [0.25, 0.3) is 0 Å². The van der Waals surface area contributed by atoms with Gasteiger partial charge in [0.15, 0.2) is 5.96 Å². The lowest BCUT2D eigenvalue weighted by molar-refractivity contribution is 0.174. The first-order valence-electron chi connectivity index (χ1n) is 10.6. The van der Waals surface area contributed by atoms with E-state index < -0.39 is 0 Å². The van der Waals surface area contributed by atoms with Gasteiger partial charge < -0.3 is 20.2 Å². The van der Waals surface area contributed by atoms with Gasteiger partial charge in [-0.25, -0.2) is 4.99 Å². The van der Waals surface area contributed by atoms with Crippen LogP contribution in [0.2, 0.25) is 0 Å². The fraction of sp³-hybridized carbons (Fsp3) is 0.522. The van der Waals surface area contributed by atoms with Crippen LogP contribution in [0.1, 0.15) is 37.2 Å². The average Bonchev–Trinajstić information content (AvgIpc) is 3.36. The molecule has 2 heterocycles. The van der Waals surface area contributed by atoms with Gasteiger partial charge in [-0.3, -0.25) is 4.90 Å². The molecule has 3 rings (SSSR count). The molecule has 166 valence electrons. The molecule has 3 N–H and O–H groups in total. The number of aliphatic hydroxyl groups excluding tert-OH is 1. The minimum atomic E-state index is -0.189. The zero-order valence-corrected chi connectivity index (χ0v) is 20.3. The molecule has 0 saturated carbocycles. The van der Waals surface area contributed by atoms with Crippen LogP contribution in [0.5, 0.6) is 0 Å². The van der Waals surface area contributed by atoms with Crippen molar-refractivity contribution in [2.24, 2.45) is 10.9 Å². The van der Waals surface area contributed by atoms with Crippen molar-refractivity contribution in [1.82, 2.24) is 15.5 Å². The molecule has 1 aromatic heterocycles. The number of nitrogens with zero attached hydrogens (tertiary/aromatic N) is 2. The van der Waals surface area contributed by atoms with Crippen molar-refractivity contribution in [1.29, 1.82) is 0 Å². The summed E-state index contributed by atoms with van der Waals surface area (Å²) in [6.45, 7) is 9.22. The number of rotatable bonds is 9. The summed E-state index contributed by atoms with van der Waals surface area (Å²) >= 11 is 0. The predicted octanol–water partition coefficient (Wildman–Crippen LogP) is 3.40. The van der Waals surface area contributed by atoms with E-state index in [1.54, 1.807) is 6.26 Å². The summed E-state index contributed by atoms with van der Waals surface area (Å²) in [5.41, 5.74) is 2.51. The van der Waals surface area contributed by atoms with Gasteiger partial charge in [-0.2, -0.15) is 0 Å². The molecule has 1 fully saturated rings. The Morgan fingerprint density at radius 2 is 2.00 bits per heavy atom. The number of β-amino-alcohol motifs (C(OH)–C–C–N with tert-alkyl or cyclic N) is 1. The summed E-state index contributed by atoms with van der Waals surface area (Å²) in [5, 5.41) is 16.6. The average molecular weight is 526 g/mol. The number of furan rings is 1. The molecule has 0 radical (unpaired) electrons. The van der Waals surface area contributed by atoms with E-state index in [0.29, 0.717) is 12.5 Å². The maximum Gasteiger partial charge on any atom is 0.191 e. The van der Waals surface area contributed by atoms with E-state index in [9.17, 15) is 5.11 Å². The number of halogens is 1. The Kier molecular flexibility index (Phi) is 10.7. The van der Waals surface area contributed by atoms with Crippen LogP contribution in [0, 0.1) is 5.92 Å². The van der Waals surface area contributed by atoms with Gasteiger partial charge in [-0.05, 0) is 35.6 Å². The lowest BCUT2D eigenvalue weighted by atomic mass is 10.1. The van der Waals surface area contributed by atoms with Crippen molar-refractivity contribution >= 4 is 29.9 Å². The smallest absolute Gasteiger partial charge is 0.191 e. The Balaban J connectivity index is 0.00000320. The summed E-state index contributed by atoms with van der Waals surface area (Å²) in [6, 6.07) is 12.4. The number of likely N-dealkylation sites (tertiary alicyclic amines) is 1. The van der Waals surface area contributed by atoms with Crippen LogP contribution in [-0.4, -0.2) is 48.2 Å². The highest BCUT2D eigenvalue weighted by atomic mass is 127. The summed E-state index contributed by atoms with van der Waals surface area (Å²) in [6.07, 6.45) is 3.20. The van der Waals surface area contributed by atoms with E-state index in [1.165, 1.54) is 11.1 Å². The van der Waals surface area contributed by atoms with Crippen molar-refractivity contribution in [3.63, 3.8) is 0 Å². The van der Waals surface area contributed by atoms with Gasteiger partial charge in [0, 0.05) is 39.1 Å². The number of benzene rings is 1. The lowest BCUT2D eigenvalue weighted by Gasteiger charge is -2.18. The number of nitrogens with one attached hydrogen (secondary N) is 2. The van der Waals surface area contributed by atoms with Gasteiger partial charge >= 0.3 is 0 Å². The normalized spacial score (nSPS) is 17.2. The number of hydrogen-bond donors (Lipinski definition) is 3. The molecule has 1 saturated heterocycles. The summed E-state index contributed by atoms with van der Waals surface area (Å²) in [7, 11) is 0. The molecule has 1 aromatic carbocycles. The Labute approximate surface area is 197 Å². The zero-order valence-electron chi connectivity index (χ0n) is 18.0. The van der Waals surface area contributed by atoms with E-state index in [0.717, 1.165) is 57.3 Å². The Morgan fingerprint density at radius 1 is 1.20 bits per heavy atom. The molecule has 0 bridgehead atoms. The first-order chi connectivity index (χ1) is 14.1. The molecule has 1 aliphatic heterocycles. The second-order valence-corrected chi connectivity index (χ2v) is 8.14. The molecule has 1 atom stereocenters. The topological polar surface area (TPSA) is 73.0 Å². The molecule has 0 amide bonds. The second kappa shape index (κ2) is 13.0. The fourth-order valence-electron chi connectivity index (χ4n) is 3.46. The van der Waals surface area contributed by atoms with Crippen molar-refractivity contribution in [2.45, 2.75) is 45.9 Å². The highest BCUT2D eigenvalue weighted by molar-refractivity contribution is 14.0. The van der Waals surface area contributed by atoms with E-state index in [-0.39, 0.29) is 30.1 Å². The number of aliphatic imine (C=N–C) groups is 1. The Morgan fingerprint density at radius 3 is 2.67 bits per heavy atom. The zero-order chi connectivity index (χ0) is 20.5. The first kappa shape index (κ1) is 24.7. The maximum atomic E-state index is 9.79. The molecule has 0 aliphatic carbocycles. The van der Waals surface area contributed by atoms with E-state index in [2.05, 4.69) is 53.6 Å². The van der Waals surface area contributed by atoms with Crippen LogP contribution >= 0.6 is 24.0 Å².